The number of likely N-dealkylation sites (N-methyl/N-ethyl adjacent to an activating group) is 2. The van der Waals surface area contributed by atoms with E-state index in [2.05, 4.69) is 17.6 Å². The Balaban J connectivity index is 1.27. The second-order valence-corrected chi connectivity index (χ2v) is 15.6. The molecule has 4 bridgehead atoms. The number of fused-ring (bicyclic) bond motifs is 5. The number of aliphatic carboxylic acids is 1. The minimum Gasteiger partial charge on any atom is -0.507 e. The van der Waals surface area contributed by atoms with Crippen LogP contribution in [0.3, 0.4) is 0 Å². The molecular formula is C47H52N4O11. The number of aryl methyl sites for hydroxylation is 1. The summed E-state index contributed by atoms with van der Waals surface area (Å²) in [4.78, 5) is 95.2. The molecule has 4 aromatic carbocycles. The van der Waals surface area contributed by atoms with Gasteiger partial charge in [-0.1, -0.05) is 62.4 Å². The molecule has 0 spiro atoms. The van der Waals surface area contributed by atoms with Crippen molar-refractivity contribution in [1.82, 2.24) is 20.4 Å². The quantitative estimate of drug-likeness (QED) is 0.112. The van der Waals surface area contributed by atoms with Crippen LogP contribution in [0.4, 0.5) is 0 Å². The van der Waals surface area contributed by atoms with Gasteiger partial charge in [0.25, 0.3) is 5.91 Å². The van der Waals surface area contributed by atoms with Crippen LogP contribution >= 0.6 is 0 Å². The second kappa shape index (κ2) is 20.1. The van der Waals surface area contributed by atoms with E-state index in [0.717, 1.165) is 27.3 Å². The van der Waals surface area contributed by atoms with Crippen molar-refractivity contribution >= 4 is 41.2 Å². The molecule has 1 aliphatic rings. The first-order valence-electron chi connectivity index (χ1n) is 20.3. The van der Waals surface area contributed by atoms with E-state index in [1.807, 2.05) is 24.3 Å². The molecule has 0 aliphatic carbocycles. The van der Waals surface area contributed by atoms with Gasteiger partial charge in [-0.2, -0.15) is 0 Å². The fraction of sp³-hybridized carbons (Fsp3) is 0.340. The Morgan fingerprint density at radius 3 is 2.02 bits per heavy atom. The smallest absolute Gasteiger partial charge is 0.326 e. The van der Waals surface area contributed by atoms with Crippen LogP contribution in [0.15, 0.2) is 84.9 Å². The number of carbonyl (C=O) groups excluding carboxylic acids is 6. The van der Waals surface area contributed by atoms with Crippen LogP contribution in [0.25, 0.3) is 22.3 Å². The van der Waals surface area contributed by atoms with Crippen LogP contribution in [0.5, 0.6) is 11.5 Å². The molecule has 0 saturated carbocycles. The lowest BCUT2D eigenvalue weighted by Crippen LogP contribution is -2.53. The number of carboxylic acid groups (broad SMARTS) is 1. The van der Waals surface area contributed by atoms with Gasteiger partial charge in [0.15, 0.2) is 11.6 Å². The molecule has 5 rings (SSSR count). The Morgan fingerprint density at radius 2 is 1.42 bits per heavy atom. The first kappa shape index (κ1) is 46.2. The van der Waals surface area contributed by atoms with Gasteiger partial charge in [-0.05, 0) is 77.6 Å². The minimum atomic E-state index is -1.37. The maximum atomic E-state index is 14.0. The van der Waals surface area contributed by atoms with Crippen molar-refractivity contribution in [2.75, 3.05) is 20.7 Å². The number of phenolic OH excluding ortho intramolecular Hbond substituents is 2. The normalized spacial score (nSPS) is 17.4. The highest BCUT2D eigenvalue weighted by Crippen LogP contribution is 2.39. The Bertz CT molecular complexity index is 2340. The van der Waals surface area contributed by atoms with Gasteiger partial charge in [0, 0.05) is 62.4 Å². The highest BCUT2D eigenvalue weighted by atomic mass is 16.4. The lowest BCUT2D eigenvalue weighted by atomic mass is 9.89. The molecule has 62 heavy (non-hydrogen) atoms. The predicted molar refractivity (Wildman–Crippen MR) is 229 cm³/mol. The summed E-state index contributed by atoms with van der Waals surface area (Å²) in [6.07, 6.45) is -0.414. The zero-order valence-corrected chi connectivity index (χ0v) is 35.3. The number of aliphatic hydroxyl groups excluding tert-OH is 1. The molecule has 0 radical (unpaired) electrons. The van der Waals surface area contributed by atoms with Crippen LogP contribution in [-0.4, -0.2) is 110 Å². The van der Waals surface area contributed by atoms with Crippen molar-refractivity contribution in [3.63, 3.8) is 0 Å². The third kappa shape index (κ3) is 10.7. The molecule has 4 aromatic rings. The minimum absolute atomic E-state index is 0.0983. The summed E-state index contributed by atoms with van der Waals surface area (Å²) >= 11 is 0. The third-order valence-electron chi connectivity index (χ3n) is 11.3. The molecule has 15 nitrogen and oxygen atoms in total. The van der Waals surface area contributed by atoms with Crippen molar-refractivity contribution in [2.45, 2.75) is 77.0 Å². The molecule has 0 saturated heterocycles. The number of phenols is 2. The predicted octanol–water partition coefficient (Wildman–Crippen LogP) is 4.20. The van der Waals surface area contributed by atoms with Crippen molar-refractivity contribution < 1.29 is 54.0 Å². The summed E-state index contributed by atoms with van der Waals surface area (Å²) < 4.78 is 0. The van der Waals surface area contributed by atoms with Crippen LogP contribution in [-0.2, 0) is 41.6 Å². The molecule has 0 unspecified atom stereocenters. The maximum Gasteiger partial charge on any atom is 0.326 e. The highest BCUT2D eigenvalue weighted by Gasteiger charge is 2.34. The molecule has 5 atom stereocenters. The Morgan fingerprint density at radius 1 is 0.823 bits per heavy atom. The number of Topliss-reactive ketones (excluding diaryl/α,β-unsaturated/α-hetero) is 2. The number of benzene rings is 4. The van der Waals surface area contributed by atoms with E-state index in [9.17, 15) is 54.0 Å². The average molecular weight is 849 g/mol. The van der Waals surface area contributed by atoms with Crippen LogP contribution in [0, 0.1) is 5.92 Å². The van der Waals surface area contributed by atoms with E-state index in [1.54, 1.807) is 24.3 Å². The number of carbonyl (C=O) groups is 7. The van der Waals surface area contributed by atoms with E-state index < -0.39 is 90.7 Å². The fourth-order valence-electron chi connectivity index (χ4n) is 7.37. The van der Waals surface area contributed by atoms with Gasteiger partial charge in [-0.25, -0.2) is 4.79 Å². The topological polar surface area (TPSA) is 231 Å². The van der Waals surface area contributed by atoms with Gasteiger partial charge in [0.1, 0.15) is 29.6 Å². The molecule has 1 aliphatic heterocycles. The summed E-state index contributed by atoms with van der Waals surface area (Å²) in [5, 5.41) is 46.7. The van der Waals surface area contributed by atoms with E-state index in [-0.39, 0.29) is 46.6 Å². The number of rotatable bonds is 13. The number of amides is 4. The zero-order chi connectivity index (χ0) is 45.4. The average Bonchev–Trinajstić information content (AvgIpc) is 3.25. The zero-order valence-electron chi connectivity index (χ0n) is 35.3. The number of carboxylic acids is 1. The number of hydrogen-bond donors (Lipinski definition) is 6. The highest BCUT2D eigenvalue weighted by molar-refractivity contribution is 5.99. The van der Waals surface area contributed by atoms with Crippen molar-refractivity contribution in [2.24, 2.45) is 5.92 Å². The van der Waals surface area contributed by atoms with Gasteiger partial charge < -0.3 is 40.9 Å². The lowest BCUT2D eigenvalue weighted by molar-refractivity contribution is -0.143. The van der Waals surface area contributed by atoms with Crippen LogP contribution < -0.4 is 10.6 Å². The van der Waals surface area contributed by atoms with E-state index in [4.69, 9.17) is 0 Å². The van der Waals surface area contributed by atoms with Crippen molar-refractivity contribution in [1.29, 1.82) is 0 Å². The van der Waals surface area contributed by atoms with Gasteiger partial charge in [-0.15, -0.1) is 0 Å². The number of ketones is 2. The summed E-state index contributed by atoms with van der Waals surface area (Å²) in [6.45, 7) is 4.19. The number of aliphatic hydroxyl groups is 1. The third-order valence-corrected chi connectivity index (χ3v) is 11.3. The van der Waals surface area contributed by atoms with Crippen molar-refractivity contribution in [3.8, 4) is 33.8 Å². The molecule has 0 aromatic heterocycles. The van der Waals surface area contributed by atoms with Gasteiger partial charge in [0.05, 0.1) is 12.6 Å². The fourth-order valence-corrected chi connectivity index (χ4v) is 7.37. The molecule has 0 fully saturated rings. The van der Waals surface area contributed by atoms with Gasteiger partial charge in [0.2, 0.25) is 17.7 Å². The van der Waals surface area contributed by atoms with E-state index in [0.29, 0.717) is 5.56 Å². The largest absolute Gasteiger partial charge is 0.507 e. The summed E-state index contributed by atoms with van der Waals surface area (Å²) in [6, 6.07) is 18.1. The van der Waals surface area contributed by atoms with E-state index >= 15 is 0 Å². The molecule has 15 heteroatoms. The second-order valence-electron chi connectivity index (χ2n) is 15.6. The Kier molecular flexibility index (Phi) is 15.0. The molecular weight excluding hydrogens is 797 g/mol. The first-order chi connectivity index (χ1) is 29.4. The number of aromatic hydroxyl groups is 2. The van der Waals surface area contributed by atoms with Crippen molar-refractivity contribution in [3.05, 3.63) is 107 Å². The monoisotopic (exact) mass is 848 g/mol. The lowest BCUT2D eigenvalue weighted by Gasteiger charge is -2.30. The Labute approximate surface area is 359 Å². The summed E-state index contributed by atoms with van der Waals surface area (Å²) in [7, 11) is 2.71. The molecule has 6 N–H and O–H groups in total. The van der Waals surface area contributed by atoms with E-state index in [1.165, 1.54) is 69.9 Å². The van der Waals surface area contributed by atoms with Gasteiger partial charge in [-0.3, -0.25) is 28.8 Å². The molecule has 4 amide bonds. The standard InChI is InChI=1S/C47H52N4O11/c1-6-28-7-10-30(11-8-28)31-12-14-32(15-13-31)46(60)50(4)37(25-52)45(59)48-27(3)38(53)19-20-42(57)51(5)43-33-16-18-40(55)35(24-33)34-22-29(9-17-39(34)54)23-36(47(61)62)49-44(58)26(2)21-41(43)56/h7-18,22,24,26-27,36-37,43,52,54-55H,6,19-21,23,25H2,1-5H3,(H,48,59)(H,49,58)(H,61,62)/t26-,27-,36+,37-,43+/m1/s1. The van der Waals surface area contributed by atoms with Gasteiger partial charge >= 0.3 is 5.97 Å². The first-order valence-corrected chi connectivity index (χ1v) is 20.3. The SMILES string of the molecule is CCc1ccc(-c2ccc(C(=O)N(C)[C@H](CO)C(=O)N[C@H](C)C(=O)CCC(=O)N(C)[C@@H]3C(=O)C[C@@H](C)C(=O)N[C@H](C(=O)O)Cc4ccc(O)c(c4)-c4cc3ccc4O)cc2)cc1. The maximum absolute atomic E-state index is 14.0. The number of hydrogen-bond acceptors (Lipinski definition) is 10. The number of nitrogens with zero attached hydrogens (tertiary/aromatic N) is 2. The van der Waals surface area contributed by atoms with Crippen LogP contribution in [0.1, 0.15) is 73.1 Å². The molecule has 326 valence electrons. The Hall–Kier alpha value is -6.87. The molecule has 1 heterocycles. The number of nitrogens with one attached hydrogen (secondary N) is 2. The van der Waals surface area contributed by atoms with Crippen LogP contribution in [0.2, 0.25) is 0 Å². The summed E-state index contributed by atoms with van der Waals surface area (Å²) in [5.74, 6) is -6.69. The summed E-state index contributed by atoms with van der Waals surface area (Å²) in [5.41, 5.74) is 4.22.